The van der Waals surface area contributed by atoms with Gasteiger partial charge in [-0.25, -0.2) is 0 Å². The summed E-state index contributed by atoms with van der Waals surface area (Å²) in [5.41, 5.74) is 2.12. The Bertz CT molecular complexity index is 522. The topological polar surface area (TPSA) is 21.3 Å². The molecule has 2 aromatic rings. The van der Waals surface area contributed by atoms with Crippen LogP contribution in [0.25, 0.3) is 0 Å². The zero-order chi connectivity index (χ0) is 14.6. The highest BCUT2D eigenvalue weighted by Crippen LogP contribution is 2.25. The minimum absolute atomic E-state index is 0.149. The Hall–Kier alpha value is -1.53. The molecule has 20 heavy (non-hydrogen) atoms. The third-order valence-corrected chi connectivity index (χ3v) is 3.59. The van der Waals surface area contributed by atoms with Crippen LogP contribution in [-0.4, -0.2) is 13.4 Å². The second kappa shape index (κ2) is 6.28. The van der Waals surface area contributed by atoms with Crippen molar-refractivity contribution >= 4 is 11.3 Å². The Morgan fingerprint density at radius 1 is 1.20 bits per heavy atom. The summed E-state index contributed by atoms with van der Waals surface area (Å²) in [7, 11) is 1.86. The molecule has 0 spiro atoms. The van der Waals surface area contributed by atoms with Gasteiger partial charge in [-0.3, -0.25) is 0 Å². The fraction of sp³-hybridized carbons (Fsp3) is 0.286. The number of alkyl halides is 3. The number of ether oxygens (including phenoxy) is 1. The Balaban J connectivity index is 2.03. The maximum atomic E-state index is 12.1. The summed E-state index contributed by atoms with van der Waals surface area (Å²) in [5.74, 6) is -0.196. The summed E-state index contributed by atoms with van der Waals surface area (Å²) in [4.78, 5) is 0. The number of hydrogen-bond acceptors (Lipinski definition) is 3. The highest BCUT2D eigenvalue weighted by molar-refractivity contribution is 7.07. The van der Waals surface area contributed by atoms with Crippen molar-refractivity contribution in [3.05, 3.63) is 52.2 Å². The average molecular weight is 301 g/mol. The first kappa shape index (κ1) is 14.9. The van der Waals surface area contributed by atoms with Gasteiger partial charge >= 0.3 is 6.36 Å². The maximum Gasteiger partial charge on any atom is 0.573 e. The Labute approximate surface area is 119 Å². The minimum atomic E-state index is -4.65. The van der Waals surface area contributed by atoms with E-state index in [0.29, 0.717) is 6.42 Å². The van der Waals surface area contributed by atoms with Crippen molar-refractivity contribution in [2.24, 2.45) is 0 Å². The van der Waals surface area contributed by atoms with Crippen molar-refractivity contribution < 1.29 is 17.9 Å². The SMILES string of the molecule is CNC(Cc1ccc(OC(F)(F)F)cc1)c1ccsc1. The zero-order valence-corrected chi connectivity index (χ0v) is 11.6. The molecule has 2 nitrogen and oxygen atoms in total. The predicted molar refractivity (Wildman–Crippen MR) is 72.9 cm³/mol. The van der Waals surface area contributed by atoms with Crippen molar-refractivity contribution in [2.75, 3.05) is 7.05 Å². The molecule has 1 heterocycles. The largest absolute Gasteiger partial charge is 0.573 e. The number of thiophene rings is 1. The van der Waals surface area contributed by atoms with Crippen molar-refractivity contribution in [3.8, 4) is 5.75 Å². The van der Waals surface area contributed by atoms with Crippen LogP contribution < -0.4 is 10.1 Å². The highest BCUT2D eigenvalue weighted by atomic mass is 32.1. The highest BCUT2D eigenvalue weighted by Gasteiger charge is 2.30. The molecule has 0 bridgehead atoms. The van der Waals surface area contributed by atoms with Gasteiger partial charge in [0.05, 0.1) is 0 Å². The van der Waals surface area contributed by atoms with E-state index in [-0.39, 0.29) is 11.8 Å². The number of hydrogen-bond donors (Lipinski definition) is 1. The lowest BCUT2D eigenvalue weighted by Crippen LogP contribution is -2.18. The molecule has 0 saturated heterocycles. The van der Waals surface area contributed by atoms with Gasteiger partial charge in [0.25, 0.3) is 0 Å². The molecule has 1 aromatic heterocycles. The molecule has 0 saturated carbocycles. The first-order valence-electron chi connectivity index (χ1n) is 6.02. The fourth-order valence-electron chi connectivity index (χ4n) is 1.92. The van der Waals surface area contributed by atoms with Gasteiger partial charge in [0.1, 0.15) is 5.75 Å². The smallest absolute Gasteiger partial charge is 0.406 e. The molecular formula is C14H14F3NOS. The summed E-state index contributed by atoms with van der Waals surface area (Å²) >= 11 is 1.62. The van der Waals surface area contributed by atoms with E-state index in [1.54, 1.807) is 23.5 Å². The molecule has 0 fully saturated rings. The standard InChI is InChI=1S/C14H14F3NOS/c1-18-13(11-6-7-20-9-11)8-10-2-4-12(5-3-10)19-14(15,16)17/h2-7,9,13,18H,8H2,1H3. The third kappa shape index (κ3) is 4.25. The summed E-state index contributed by atoms with van der Waals surface area (Å²) in [6.07, 6.45) is -3.94. The molecule has 6 heteroatoms. The number of likely N-dealkylation sites (N-methyl/N-ethyl adjacent to an activating group) is 1. The van der Waals surface area contributed by atoms with Crippen LogP contribution >= 0.6 is 11.3 Å². The summed E-state index contributed by atoms with van der Waals surface area (Å²) in [5, 5.41) is 7.26. The van der Waals surface area contributed by atoms with E-state index in [2.05, 4.69) is 15.4 Å². The molecule has 0 aliphatic carbocycles. The van der Waals surface area contributed by atoms with Crippen LogP contribution in [0.2, 0.25) is 0 Å². The zero-order valence-electron chi connectivity index (χ0n) is 10.8. The summed E-state index contributed by atoms with van der Waals surface area (Å²) in [6.45, 7) is 0. The molecule has 1 N–H and O–H groups in total. The molecule has 0 aliphatic rings. The molecule has 2 rings (SSSR count). The molecule has 108 valence electrons. The number of benzene rings is 1. The third-order valence-electron chi connectivity index (χ3n) is 2.89. The monoisotopic (exact) mass is 301 g/mol. The lowest BCUT2D eigenvalue weighted by atomic mass is 10.0. The van der Waals surface area contributed by atoms with Crippen molar-refractivity contribution in [3.63, 3.8) is 0 Å². The van der Waals surface area contributed by atoms with Gasteiger partial charge in [-0.1, -0.05) is 12.1 Å². The van der Waals surface area contributed by atoms with Gasteiger partial charge in [-0.2, -0.15) is 11.3 Å². The van der Waals surface area contributed by atoms with Crippen LogP contribution in [0.4, 0.5) is 13.2 Å². The maximum absolute atomic E-state index is 12.1. The predicted octanol–water partition coefficient (Wildman–Crippen LogP) is 4.15. The molecule has 1 unspecified atom stereocenters. The molecule has 0 radical (unpaired) electrons. The first-order chi connectivity index (χ1) is 9.48. The van der Waals surface area contributed by atoms with Gasteiger partial charge in [-0.05, 0) is 53.6 Å². The Morgan fingerprint density at radius 2 is 1.90 bits per heavy atom. The van der Waals surface area contributed by atoms with Gasteiger partial charge in [0.2, 0.25) is 0 Å². The van der Waals surface area contributed by atoms with Gasteiger partial charge < -0.3 is 10.1 Å². The van der Waals surface area contributed by atoms with E-state index in [9.17, 15) is 13.2 Å². The molecular weight excluding hydrogens is 287 g/mol. The molecule has 0 aliphatic heterocycles. The van der Waals surface area contributed by atoms with Crippen LogP contribution in [0, 0.1) is 0 Å². The van der Waals surface area contributed by atoms with Crippen LogP contribution in [0.3, 0.4) is 0 Å². The van der Waals surface area contributed by atoms with E-state index in [1.165, 1.54) is 17.7 Å². The second-order valence-corrected chi connectivity index (χ2v) is 5.07. The molecule has 0 amide bonds. The number of halogens is 3. The number of nitrogens with one attached hydrogen (secondary N) is 1. The Morgan fingerprint density at radius 3 is 2.40 bits per heavy atom. The van der Waals surface area contributed by atoms with Crippen molar-refractivity contribution in [1.29, 1.82) is 0 Å². The van der Waals surface area contributed by atoms with Crippen LogP contribution in [0.1, 0.15) is 17.2 Å². The van der Waals surface area contributed by atoms with Gasteiger partial charge in [0, 0.05) is 6.04 Å². The molecule has 1 aromatic carbocycles. The van der Waals surface area contributed by atoms with E-state index in [0.717, 1.165) is 5.56 Å². The Kier molecular flexibility index (Phi) is 4.67. The summed E-state index contributed by atoms with van der Waals surface area (Å²) in [6, 6.07) is 8.16. The van der Waals surface area contributed by atoms with E-state index in [1.807, 2.05) is 18.5 Å². The lowest BCUT2D eigenvalue weighted by Gasteiger charge is -2.15. The normalized spacial score (nSPS) is 13.2. The lowest BCUT2D eigenvalue weighted by molar-refractivity contribution is -0.274. The van der Waals surface area contributed by atoms with Crippen LogP contribution in [0.15, 0.2) is 41.1 Å². The minimum Gasteiger partial charge on any atom is -0.406 e. The number of rotatable bonds is 5. The molecule has 1 atom stereocenters. The second-order valence-electron chi connectivity index (χ2n) is 4.29. The first-order valence-corrected chi connectivity index (χ1v) is 6.96. The van der Waals surface area contributed by atoms with E-state index >= 15 is 0 Å². The van der Waals surface area contributed by atoms with Crippen molar-refractivity contribution in [1.82, 2.24) is 5.32 Å². The fourth-order valence-corrected chi connectivity index (χ4v) is 2.64. The van der Waals surface area contributed by atoms with Crippen LogP contribution in [0.5, 0.6) is 5.75 Å². The van der Waals surface area contributed by atoms with Gasteiger partial charge in [0.15, 0.2) is 0 Å². The summed E-state index contributed by atoms with van der Waals surface area (Å²) < 4.78 is 40.0. The van der Waals surface area contributed by atoms with E-state index in [4.69, 9.17) is 0 Å². The van der Waals surface area contributed by atoms with E-state index < -0.39 is 6.36 Å². The van der Waals surface area contributed by atoms with Crippen LogP contribution in [-0.2, 0) is 6.42 Å². The quantitative estimate of drug-likeness (QED) is 0.896. The van der Waals surface area contributed by atoms with Gasteiger partial charge in [-0.15, -0.1) is 13.2 Å². The average Bonchev–Trinajstić information content (AvgIpc) is 2.90. The van der Waals surface area contributed by atoms with Crippen molar-refractivity contribution in [2.45, 2.75) is 18.8 Å².